The van der Waals surface area contributed by atoms with Crippen LogP contribution in [0.5, 0.6) is 0 Å². The molecule has 1 N–H and O–H groups in total. The molecule has 4 fully saturated rings. The van der Waals surface area contributed by atoms with Gasteiger partial charge in [-0.1, -0.05) is 63.9 Å². The predicted molar refractivity (Wildman–Crippen MR) is 203 cm³/mol. The fraction of sp³-hybridized carbons (Fsp3) is 0.727. The Morgan fingerprint density at radius 1 is 1.02 bits per heavy atom. The minimum absolute atomic E-state index is 0.0461. The fourth-order valence-corrected chi connectivity index (χ4v) is 12.9. The Bertz CT molecular complexity index is 1630. The number of carboxylic acid groups (broad SMARTS) is 1. The highest BCUT2D eigenvalue weighted by atomic mass is 35.5. The van der Waals surface area contributed by atoms with Crippen molar-refractivity contribution in [1.82, 2.24) is 4.90 Å². The number of nitrogens with zero attached hydrogens (tertiary/aromatic N) is 1. The number of aliphatic carboxylic acids is 1. The number of ketones is 1. The fourth-order valence-electron chi connectivity index (χ4n) is 12.7. The van der Waals surface area contributed by atoms with Crippen LogP contribution < -0.4 is 0 Å². The van der Waals surface area contributed by atoms with Crippen LogP contribution in [0.3, 0.4) is 0 Å². The number of rotatable bonds is 10. The van der Waals surface area contributed by atoms with E-state index in [2.05, 4.69) is 34.6 Å². The number of benzene rings is 1. The second kappa shape index (κ2) is 14.2. The van der Waals surface area contributed by atoms with Crippen molar-refractivity contribution < 1.29 is 29.0 Å². The van der Waals surface area contributed by atoms with Crippen molar-refractivity contribution in [3.05, 3.63) is 46.0 Å². The molecular formula is C44H62ClNO6. The van der Waals surface area contributed by atoms with Crippen LogP contribution in [-0.4, -0.2) is 46.3 Å². The number of carboxylic acids is 1. The smallest absolute Gasteiger partial charge is 0.309 e. The van der Waals surface area contributed by atoms with E-state index in [0.29, 0.717) is 54.0 Å². The molecule has 0 spiro atoms. The third-order valence-corrected chi connectivity index (χ3v) is 15.5. The lowest BCUT2D eigenvalue weighted by Crippen LogP contribution is -2.60. The second-order valence-corrected chi connectivity index (χ2v) is 19.4. The molecule has 52 heavy (non-hydrogen) atoms. The zero-order chi connectivity index (χ0) is 38.0. The maximum atomic E-state index is 14.0. The minimum Gasteiger partial charge on any atom is -0.481 e. The molecule has 1 aromatic rings. The van der Waals surface area contributed by atoms with Gasteiger partial charge in [-0.2, -0.15) is 0 Å². The highest BCUT2D eigenvalue weighted by Gasteiger charge is 2.65. The van der Waals surface area contributed by atoms with Gasteiger partial charge in [0.05, 0.1) is 11.8 Å². The van der Waals surface area contributed by atoms with E-state index in [1.165, 1.54) is 5.57 Å². The molecule has 1 aromatic carbocycles. The Morgan fingerprint density at radius 3 is 2.35 bits per heavy atom. The third kappa shape index (κ3) is 6.79. The van der Waals surface area contributed by atoms with Crippen LogP contribution in [0.4, 0.5) is 0 Å². The van der Waals surface area contributed by atoms with Gasteiger partial charge < -0.3 is 14.7 Å². The zero-order valence-corrected chi connectivity index (χ0v) is 33.6. The Labute approximate surface area is 316 Å². The van der Waals surface area contributed by atoms with Gasteiger partial charge in [-0.3, -0.25) is 19.2 Å². The van der Waals surface area contributed by atoms with Crippen molar-refractivity contribution in [1.29, 1.82) is 0 Å². The molecule has 6 rings (SSSR count). The second-order valence-electron chi connectivity index (χ2n) is 19.0. The van der Waals surface area contributed by atoms with Crippen molar-refractivity contribution in [3.8, 4) is 0 Å². The molecule has 0 bridgehead atoms. The molecule has 0 heterocycles. The van der Waals surface area contributed by atoms with Crippen LogP contribution in [0, 0.1) is 57.2 Å². The zero-order valence-electron chi connectivity index (χ0n) is 32.9. The first-order chi connectivity index (χ1) is 24.3. The van der Waals surface area contributed by atoms with Crippen LogP contribution >= 0.6 is 11.6 Å². The summed E-state index contributed by atoms with van der Waals surface area (Å²) in [7, 11) is 0. The standard InChI is InChI=1S/C44H62ClNO6/c1-26(2)38-34(48)23-44(20-21-46(28(4)47)25-29-10-9-11-30(45)22-29)19-15-33-31(39(38)44)12-13-36-42(7)18-16-35(27(3)32(42)14-17-43(33,36)8)52-37(49)24-41(5,6)40(50)51/h9-11,22,26-27,31-33,35-36H,12-21,23-25H2,1-8H3,(H,50,51). The van der Waals surface area contributed by atoms with Gasteiger partial charge in [-0.15, -0.1) is 0 Å². The number of allylic oxidation sites excluding steroid dienone is 2. The number of hydrogen-bond donors (Lipinski definition) is 1. The number of halogens is 1. The van der Waals surface area contributed by atoms with E-state index < -0.39 is 17.4 Å². The van der Waals surface area contributed by atoms with Crippen LogP contribution in [0.1, 0.15) is 132 Å². The van der Waals surface area contributed by atoms with Crippen LogP contribution in [0.2, 0.25) is 5.02 Å². The van der Waals surface area contributed by atoms with Gasteiger partial charge in [0.1, 0.15) is 6.10 Å². The molecule has 1 amide bonds. The Kier molecular flexibility index (Phi) is 10.7. The molecule has 5 aliphatic carbocycles. The van der Waals surface area contributed by atoms with E-state index in [1.54, 1.807) is 20.8 Å². The summed E-state index contributed by atoms with van der Waals surface area (Å²) >= 11 is 6.29. The van der Waals surface area contributed by atoms with E-state index in [-0.39, 0.29) is 46.5 Å². The lowest BCUT2D eigenvalue weighted by Gasteiger charge is -2.67. The number of fused-ring (bicyclic) bond motifs is 7. The largest absolute Gasteiger partial charge is 0.481 e. The molecule has 7 nitrogen and oxygen atoms in total. The van der Waals surface area contributed by atoms with Gasteiger partial charge in [0.2, 0.25) is 5.91 Å². The van der Waals surface area contributed by atoms with E-state index in [1.807, 2.05) is 29.2 Å². The normalized spacial score (nSPS) is 35.7. The highest BCUT2D eigenvalue weighted by molar-refractivity contribution is 6.30. The van der Waals surface area contributed by atoms with Crippen LogP contribution in [-0.2, 0) is 30.5 Å². The molecule has 9 unspecified atom stereocenters. The van der Waals surface area contributed by atoms with Gasteiger partial charge in [-0.05, 0) is 141 Å². The lowest BCUT2D eigenvalue weighted by atomic mass is 9.38. The van der Waals surface area contributed by atoms with E-state index >= 15 is 0 Å². The van der Waals surface area contributed by atoms with Gasteiger partial charge in [0.15, 0.2) is 5.78 Å². The number of hydrogen-bond acceptors (Lipinski definition) is 5. The van der Waals surface area contributed by atoms with Crippen molar-refractivity contribution in [2.75, 3.05) is 6.54 Å². The Hall–Kier alpha value is -2.67. The lowest BCUT2D eigenvalue weighted by molar-refractivity contribution is -0.192. The van der Waals surface area contributed by atoms with E-state index in [4.69, 9.17) is 16.3 Å². The van der Waals surface area contributed by atoms with E-state index in [0.717, 1.165) is 68.9 Å². The quantitative estimate of drug-likeness (QED) is 0.240. The van der Waals surface area contributed by atoms with E-state index in [9.17, 15) is 24.3 Å². The van der Waals surface area contributed by atoms with Crippen LogP contribution in [0.15, 0.2) is 35.4 Å². The van der Waals surface area contributed by atoms with Gasteiger partial charge >= 0.3 is 11.9 Å². The SMILES string of the molecule is CC(=O)N(CCC12CCC3C(CCC4C3(C)CCC3C(C)C(OC(=O)CC(C)(C)C(=O)O)CCC34C)C1=C(C(C)C)C(=O)C2)Cc1cccc(Cl)c1. The summed E-state index contributed by atoms with van der Waals surface area (Å²) in [6, 6.07) is 7.73. The number of ether oxygens (including phenoxy) is 1. The van der Waals surface area contributed by atoms with Crippen LogP contribution in [0.25, 0.3) is 0 Å². The van der Waals surface area contributed by atoms with Crippen molar-refractivity contribution in [2.24, 2.45) is 57.2 Å². The summed E-state index contributed by atoms with van der Waals surface area (Å²) < 4.78 is 6.06. The van der Waals surface area contributed by atoms with Gasteiger partial charge in [0.25, 0.3) is 0 Å². The van der Waals surface area contributed by atoms with Crippen molar-refractivity contribution in [3.63, 3.8) is 0 Å². The Morgan fingerprint density at radius 2 is 1.69 bits per heavy atom. The summed E-state index contributed by atoms with van der Waals surface area (Å²) in [5, 5.41) is 10.2. The summed E-state index contributed by atoms with van der Waals surface area (Å²) in [4.78, 5) is 53.5. The summed E-state index contributed by atoms with van der Waals surface area (Å²) in [6.45, 7) is 17.7. The summed E-state index contributed by atoms with van der Waals surface area (Å²) in [5.74, 6) is 1.29. The third-order valence-electron chi connectivity index (χ3n) is 15.3. The Balaban J connectivity index is 1.22. The summed E-state index contributed by atoms with van der Waals surface area (Å²) in [6.07, 6.45) is 9.50. The summed E-state index contributed by atoms with van der Waals surface area (Å²) in [5.41, 5.74) is 2.52. The monoisotopic (exact) mass is 735 g/mol. The number of carbonyl (C=O) groups excluding carboxylic acids is 3. The first-order valence-corrected chi connectivity index (χ1v) is 20.4. The first kappa shape index (κ1) is 39.0. The number of carbonyl (C=O) groups is 4. The minimum atomic E-state index is -1.15. The maximum Gasteiger partial charge on any atom is 0.309 e. The van der Waals surface area contributed by atoms with Crippen molar-refractivity contribution in [2.45, 2.75) is 139 Å². The highest BCUT2D eigenvalue weighted by Crippen LogP contribution is 2.72. The molecule has 8 heteroatoms. The van der Waals surface area contributed by atoms with Crippen molar-refractivity contribution >= 4 is 35.2 Å². The first-order valence-electron chi connectivity index (χ1n) is 20.0. The topological polar surface area (TPSA) is 101 Å². The average Bonchev–Trinajstić information content (AvgIpc) is 3.36. The molecular weight excluding hydrogens is 674 g/mol. The molecule has 5 aliphatic rings. The molecule has 0 aromatic heterocycles. The van der Waals surface area contributed by atoms with Gasteiger partial charge in [-0.25, -0.2) is 0 Å². The molecule has 286 valence electrons. The molecule has 9 atom stereocenters. The predicted octanol–water partition coefficient (Wildman–Crippen LogP) is 9.69. The number of Topliss-reactive ketones (excluding diaryl/α,β-unsaturated/α-hetero) is 1. The van der Waals surface area contributed by atoms with Gasteiger partial charge in [0, 0.05) is 36.9 Å². The maximum absolute atomic E-state index is 14.0. The molecule has 0 aliphatic heterocycles. The number of esters is 1. The molecule has 0 radical (unpaired) electrons. The number of amides is 1. The molecule has 0 saturated heterocycles. The molecule has 4 saturated carbocycles. The average molecular weight is 736 g/mol.